The number of amides is 2. The molecular formula is C16H17N3O3. The van der Waals surface area contributed by atoms with Crippen molar-refractivity contribution in [3.8, 4) is 5.75 Å². The van der Waals surface area contributed by atoms with Crippen molar-refractivity contribution < 1.29 is 14.3 Å². The lowest BCUT2D eigenvalue weighted by Gasteiger charge is -2.09. The Morgan fingerprint density at radius 2 is 1.82 bits per heavy atom. The van der Waals surface area contributed by atoms with Gasteiger partial charge in [-0.15, -0.1) is 0 Å². The van der Waals surface area contributed by atoms with Crippen molar-refractivity contribution in [3.63, 3.8) is 0 Å². The normalized spacial score (nSPS) is 9.86. The molecule has 2 N–H and O–H groups in total. The average molecular weight is 299 g/mol. The van der Waals surface area contributed by atoms with Gasteiger partial charge < -0.3 is 4.74 Å². The summed E-state index contributed by atoms with van der Waals surface area (Å²) in [6.45, 7) is 1.80. The molecule has 6 nitrogen and oxygen atoms in total. The van der Waals surface area contributed by atoms with Gasteiger partial charge in [-0.25, -0.2) is 0 Å². The molecule has 0 aliphatic carbocycles. The second kappa shape index (κ2) is 7.78. The summed E-state index contributed by atoms with van der Waals surface area (Å²) in [5.41, 5.74) is 6.51. The quantitative estimate of drug-likeness (QED) is 0.812. The maximum Gasteiger partial charge on any atom is 0.276 e. The van der Waals surface area contributed by atoms with Crippen LogP contribution in [0.3, 0.4) is 0 Å². The molecule has 0 fully saturated rings. The van der Waals surface area contributed by atoms with Crippen LogP contribution in [0.4, 0.5) is 0 Å². The summed E-state index contributed by atoms with van der Waals surface area (Å²) in [6, 6.07) is 10.9. The van der Waals surface area contributed by atoms with Gasteiger partial charge in [-0.2, -0.15) is 0 Å². The largest absolute Gasteiger partial charge is 0.484 e. The van der Waals surface area contributed by atoms with Crippen molar-refractivity contribution in [2.45, 2.75) is 13.3 Å². The van der Waals surface area contributed by atoms with Gasteiger partial charge in [-0.3, -0.25) is 25.4 Å². The minimum Gasteiger partial charge on any atom is -0.484 e. The van der Waals surface area contributed by atoms with Crippen LogP contribution in [0.15, 0.2) is 48.8 Å². The zero-order valence-electron chi connectivity index (χ0n) is 12.2. The molecule has 1 aromatic carbocycles. The minimum absolute atomic E-state index is 0.146. The number of nitrogens with zero attached hydrogens (tertiary/aromatic N) is 1. The molecule has 1 heterocycles. The summed E-state index contributed by atoms with van der Waals surface area (Å²) in [5, 5.41) is 0. The van der Waals surface area contributed by atoms with E-state index in [2.05, 4.69) is 15.8 Å². The fourth-order valence-electron chi connectivity index (χ4n) is 1.69. The third-order valence-corrected chi connectivity index (χ3v) is 2.82. The number of carbonyl (C=O) groups is 2. The van der Waals surface area contributed by atoms with Gasteiger partial charge in [0.15, 0.2) is 6.61 Å². The number of benzene rings is 1. The summed E-state index contributed by atoms with van der Waals surface area (Å²) in [4.78, 5) is 27.1. The highest BCUT2D eigenvalue weighted by Gasteiger charge is 2.06. The Morgan fingerprint density at radius 3 is 2.50 bits per heavy atom. The fourth-order valence-corrected chi connectivity index (χ4v) is 1.69. The number of pyridine rings is 1. The predicted molar refractivity (Wildman–Crippen MR) is 80.9 cm³/mol. The van der Waals surface area contributed by atoms with E-state index in [-0.39, 0.29) is 18.9 Å². The van der Waals surface area contributed by atoms with Crippen LogP contribution in [0.1, 0.15) is 11.1 Å². The van der Waals surface area contributed by atoms with E-state index < -0.39 is 5.91 Å². The van der Waals surface area contributed by atoms with Crippen LogP contribution in [-0.2, 0) is 16.0 Å². The molecule has 114 valence electrons. The summed E-state index contributed by atoms with van der Waals surface area (Å²) in [5.74, 6) is -0.153. The minimum atomic E-state index is -0.430. The molecule has 0 saturated carbocycles. The highest BCUT2D eigenvalue weighted by atomic mass is 16.5. The molecule has 2 amide bonds. The van der Waals surface area contributed by atoms with Crippen LogP contribution < -0.4 is 15.6 Å². The van der Waals surface area contributed by atoms with E-state index in [1.165, 1.54) is 0 Å². The Morgan fingerprint density at radius 1 is 1.09 bits per heavy atom. The topological polar surface area (TPSA) is 80.3 Å². The zero-order chi connectivity index (χ0) is 15.8. The van der Waals surface area contributed by atoms with Crippen molar-refractivity contribution in [1.29, 1.82) is 0 Å². The van der Waals surface area contributed by atoms with Crippen molar-refractivity contribution >= 4 is 11.8 Å². The van der Waals surface area contributed by atoms with E-state index in [1.807, 2.05) is 19.1 Å². The number of aryl methyl sites for hydroxylation is 1. The van der Waals surface area contributed by atoms with Gasteiger partial charge in [0.2, 0.25) is 5.91 Å². The number of hydrogen-bond donors (Lipinski definition) is 2. The number of ether oxygens (including phenoxy) is 1. The highest BCUT2D eigenvalue weighted by Crippen LogP contribution is 2.10. The fraction of sp³-hybridized carbons (Fsp3) is 0.188. The lowest BCUT2D eigenvalue weighted by Crippen LogP contribution is -2.44. The third-order valence-electron chi connectivity index (χ3n) is 2.82. The molecule has 0 bridgehead atoms. The first-order chi connectivity index (χ1) is 10.6. The molecule has 0 saturated heterocycles. The Kier molecular flexibility index (Phi) is 5.48. The van der Waals surface area contributed by atoms with E-state index in [1.54, 1.807) is 36.7 Å². The molecule has 0 unspecified atom stereocenters. The second-order valence-electron chi connectivity index (χ2n) is 4.74. The SMILES string of the molecule is Cc1ccc(OCC(=O)NNC(=O)Cc2cccnc2)cc1. The number of nitrogens with one attached hydrogen (secondary N) is 2. The molecule has 2 aromatic rings. The number of carbonyl (C=O) groups excluding carboxylic acids is 2. The van der Waals surface area contributed by atoms with Crippen molar-refractivity contribution in [1.82, 2.24) is 15.8 Å². The Hall–Kier alpha value is -2.89. The van der Waals surface area contributed by atoms with Gasteiger partial charge >= 0.3 is 0 Å². The molecule has 0 spiro atoms. The van der Waals surface area contributed by atoms with Crippen LogP contribution in [0.2, 0.25) is 0 Å². The first kappa shape index (κ1) is 15.5. The van der Waals surface area contributed by atoms with Crippen LogP contribution in [0.5, 0.6) is 5.75 Å². The smallest absolute Gasteiger partial charge is 0.276 e. The van der Waals surface area contributed by atoms with Crippen LogP contribution in [0, 0.1) is 6.92 Å². The summed E-state index contributed by atoms with van der Waals surface area (Å²) in [6.07, 6.45) is 3.38. The van der Waals surface area contributed by atoms with Crippen molar-refractivity contribution in [3.05, 3.63) is 59.9 Å². The molecule has 0 aliphatic heterocycles. The molecule has 1 aromatic heterocycles. The zero-order valence-corrected chi connectivity index (χ0v) is 12.2. The second-order valence-corrected chi connectivity index (χ2v) is 4.74. The lowest BCUT2D eigenvalue weighted by atomic mass is 10.2. The van der Waals surface area contributed by atoms with Gasteiger partial charge in [0, 0.05) is 12.4 Å². The molecule has 0 aliphatic rings. The number of rotatable bonds is 5. The molecule has 6 heteroatoms. The molecule has 0 radical (unpaired) electrons. The molecular weight excluding hydrogens is 282 g/mol. The number of hydrogen-bond acceptors (Lipinski definition) is 4. The summed E-state index contributed by atoms with van der Waals surface area (Å²) < 4.78 is 5.30. The third kappa shape index (κ3) is 5.24. The Labute approximate surface area is 128 Å². The van der Waals surface area contributed by atoms with E-state index in [0.29, 0.717) is 5.75 Å². The molecule has 0 atom stereocenters. The van der Waals surface area contributed by atoms with E-state index in [0.717, 1.165) is 11.1 Å². The van der Waals surface area contributed by atoms with Crippen molar-refractivity contribution in [2.75, 3.05) is 6.61 Å². The van der Waals surface area contributed by atoms with Gasteiger partial charge in [0.25, 0.3) is 5.91 Å². The monoisotopic (exact) mass is 299 g/mol. The van der Waals surface area contributed by atoms with Crippen molar-refractivity contribution in [2.24, 2.45) is 0 Å². The number of aromatic nitrogens is 1. The van der Waals surface area contributed by atoms with Gasteiger partial charge in [0.1, 0.15) is 5.75 Å². The number of hydrazine groups is 1. The van der Waals surface area contributed by atoms with Gasteiger partial charge in [0.05, 0.1) is 6.42 Å². The summed E-state index contributed by atoms with van der Waals surface area (Å²) >= 11 is 0. The predicted octanol–water partition coefficient (Wildman–Crippen LogP) is 1.16. The highest BCUT2D eigenvalue weighted by molar-refractivity contribution is 5.83. The molecule has 2 rings (SSSR count). The first-order valence-corrected chi connectivity index (χ1v) is 6.79. The van der Waals surface area contributed by atoms with Gasteiger partial charge in [-0.1, -0.05) is 23.8 Å². The Bertz CT molecular complexity index is 627. The van der Waals surface area contributed by atoms with E-state index >= 15 is 0 Å². The van der Waals surface area contributed by atoms with Crippen LogP contribution >= 0.6 is 0 Å². The van der Waals surface area contributed by atoms with E-state index in [9.17, 15) is 9.59 Å². The standard InChI is InChI=1S/C16H17N3O3/c1-12-4-6-14(7-5-12)22-11-16(21)19-18-15(20)9-13-3-2-8-17-10-13/h2-8,10H,9,11H2,1H3,(H,18,20)(H,19,21). The van der Waals surface area contributed by atoms with Gasteiger partial charge in [-0.05, 0) is 30.7 Å². The first-order valence-electron chi connectivity index (χ1n) is 6.79. The molecule has 22 heavy (non-hydrogen) atoms. The van der Waals surface area contributed by atoms with Crippen LogP contribution in [0.25, 0.3) is 0 Å². The maximum atomic E-state index is 11.6. The average Bonchev–Trinajstić information content (AvgIpc) is 2.53. The van der Waals surface area contributed by atoms with Crippen LogP contribution in [-0.4, -0.2) is 23.4 Å². The Balaban J connectivity index is 1.69. The summed E-state index contributed by atoms with van der Waals surface area (Å²) in [7, 11) is 0. The van der Waals surface area contributed by atoms with E-state index in [4.69, 9.17) is 4.74 Å². The lowest BCUT2D eigenvalue weighted by molar-refractivity contribution is -0.129. The maximum absolute atomic E-state index is 11.6.